The van der Waals surface area contributed by atoms with Crippen molar-refractivity contribution in [2.75, 3.05) is 5.32 Å². The van der Waals surface area contributed by atoms with E-state index < -0.39 is 15.9 Å². The lowest BCUT2D eigenvalue weighted by Gasteiger charge is -2.27. The zero-order valence-corrected chi connectivity index (χ0v) is 17.4. The summed E-state index contributed by atoms with van der Waals surface area (Å²) >= 11 is 26.1. The number of hydrogen-bond acceptors (Lipinski definition) is 3. The first-order valence-electron chi connectivity index (χ1n) is 6.92. The van der Waals surface area contributed by atoms with E-state index in [1.807, 2.05) is 31.2 Å². The number of alkyl halides is 3. The summed E-state index contributed by atoms with van der Waals surface area (Å²) in [5.41, 5.74) is 1.82. The molecule has 1 aromatic carbocycles. The number of halogens is 4. The number of hydrogen-bond donors (Lipinski definition) is 3. The predicted octanol–water partition coefficient (Wildman–Crippen LogP) is 4.76. The predicted molar refractivity (Wildman–Crippen MR) is 108 cm³/mol. The van der Waals surface area contributed by atoms with Crippen LogP contribution >= 0.6 is 63.0 Å². The maximum Gasteiger partial charge on any atom is 0.288 e. The van der Waals surface area contributed by atoms with E-state index in [-0.39, 0.29) is 10.9 Å². The standard InChI is InChI=1S/C15H13BrCl3N3O2S/c1-8-3-2-4-9(7-8)20-14(25)22-13(15(17,18)19)21-12(23)10-5-6-11(16)24-10/h2-7,13H,1H3,(H,21,23)(H2,20,22,25). The van der Waals surface area contributed by atoms with E-state index in [1.54, 1.807) is 6.07 Å². The molecule has 0 aliphatic rings. The fourth-order valence-electron chi connectivity index (χ4n) is 1.86. The summed E-state index contributed by atoms with van der Waals surface area (Å²) in [5.74, 6) is -0.502. The van der Waals surface area contributed by atoms with E-state index in [1.165, 1.54) is 6.07 Å². The monoisotopic (exact) mass is 483 g/mol. The van der Waals surface area contributed by atoms with Gasteiger partial charge in [-0.05, 0) is 64.9 Å². The van der Waals surface area contributed by atoms with Gasteiger partial charge in [0.05, 0.1) is 0 Å². The number of benzene rings is 1. The van der Waals surface area contributed by atoms with Crippen LogP contribution in [0.25, 0.3) is 0 Å². The van der Waals surface area contributed by atoms with Crippen molar-refractivity contribution in [2.45, 2.75) is 16.9 Å². The molecule has 1 heterocycles. The molecule has 5 nitrogen and oxygen atoms in total. The SMILES string of the molecule is Cc1cccc(NC(=S)NC(NC(=O)c2ccc(Br)o2)C(Cl)(Cl)Cl)c1. The molecule has 0 saturated carbocycles. The largest absolute Gasteiger partial charge is 0.444 e. The van der Waals surface area contributed by atoms with Crippen LogP contribution in [0.5, 0.6) is 0 Å². The number of thiocarbonyl (C=S) groups is 1. The third kappa shape index (κ3) is 6.34. The molecule has 0 aliphatic heterocycles. The van der Waals surface area contributed by atoms with E-state index >= 15 is 0 Å². The Bertz CT molecular complexity index is 779. The molecule has 2 aromatic rings. The summed E-state index contributed by atoms with van der Waals surface area (Å²) in [6.45, 7) is 1.95. The maximum atomic E-state index is 12.2. The Kier molecular flexibility index (Phi) is 6.99. The molecule has 1 atom stereocenters. The van der Waals surface area contributed by atoms with Crippen LogP contribution in [0.15, 0.2) is 45.5 Å². The fraction of sp³-hybridized carbons (Fsp3) is 0.200. The maximum absolute atomic E-state index is 12.2. The molecule has 1 unspecified atom stereocenters. The minimum atomic E-state index is -1.85. The molecule has 0 aliphatic carbocycles. The molecule has 0 spiro atoms. The Morgan fingerprint density at radius 3 is 2.52 bits per heavy atom. The van der Waals surface area contributed by atoms with Crippen molar-refractivity contribution in [2.24, 2.45) is 0 Å². The number of aryl methyl sites for hydroxylation is 1. The van der Waals surface area contributed by atoms with Gasteiger partial charge in [0, 0.05) is 5.69 Å². The van der Waals surface area contributed by atoms with Gasteiger partial charge < -0.3 is 20.4 Å². The highest BCUT2D eigenvalue weighted by Gasteiger charge is 2.35. The lowest BCUT2D eigenvalue weighted by atomic mass is 10.2. The second-order valence-electron chi connectivity index (χ2n) is 5.02. The second-order valence-corrected chi connectivity index (χ2v) is 8.58. The highest BCUT2D eigenvalue weighted by atomic mass is 79.9. The van der Waals surface area contributed by atoms with Crippen molar-refractivity contribution < 1.29 is 9.21 Å². The Hall–Kier alpha value is -0.990. The Morgan fingerprint density at radius 1 is 1.24 bits per heavy atom. The molecular weight excluding hydrogens is 473 g/mol. The van der Waals surface area contributed by atoms with Gasteiger partial charge in [0.1, 0.15) is 6.17 Å². The number of furan rings is 1. The van der Waals surface area contributed by atoms with Crippen molar-refractivity contribution in [1.29, 1.82) is 0 Å². The van der Waals surface area contributed by atoms with Crippen molar-refractivity contribution >= 4 is 79.7 Å². The summed E-state index contributed by atoms with van der Waals surface area (Å²) in [6, 6.07) is 10.6. The zero-order chi connectivity index (χ0) is 18.6. The Balaban J connectivity index is 2.04. The van der Waals surface area contributed by atoms with Gasteiger partial charge in [0.15, 0.2) is 15.5 Å². The molecule has 2 rings (SSSR count). The lowest BCUT2D eigenvalue weighted by Crippen LogP contribution is -2.56. The first kappa shape index (κ1) is 20.3. The van der Waals surface area contributed by atoms with Crippen LogP contribution < -0.4 is 16.0 Å². The second kappa shape index (κ2) is 8.60. The molecule has 0 bridgehead atoms. The fourth-order valence-corrected chi connectivity index (χ4v) is 2.73. The third-order valence-corrected chi connectivity index (χ3v) is 4.25. The first-order chi connectivity index (χ1) is 11.6. The molecule has 25 heavy (non-hydrogen) atoms. The number of nitrogens with one attached hydrogen (secondary N) is 3. The quantitative estimate of drug-likeness (QED) is 0.331. The van der Waals surface area contributed by atoms with Crippen LogP contribution in [0.1, 0.15) is 16.1 Å². The molecular formula is C15H13BrCl3N3O2S. The van der Waals surface area contributed by atoms with Gasteiger partial charge >= 0.3 is 0 Å². The van der Waals surface area contributed by atoms with Crippen molar-refractivity contribution in [3.05, 3.63) is 52.4 Å². The van der Waals surface area contributed by atoms with Crippen LogP contribution in [0.3, 0.4) is 0 Å². The highest BCUT2D eigenvalue weighted by Crippen LogP contribution is 2.29. The molecule has 3 N–H and O–H groups in total. The van der Waals surface area contributed by atoms with Gasteiger partial charge in [-0.2, -0.15) is 0 Å². The average Bonchev–Trinajstić information content (AvgIpc) is 2.92. The van der Waals surface area contributed by atoms with Crippen LogP contribution in [-0.4, -0.2) is 21.0 Å². The number of anilines is 1. The van der Waals surface area contributed by atoms with Gasteiger partial charge in [0.2, 0.25) is 3.79 Å². The van der Waals surface area contributed by atoms with Crippen LogP contribution in [-0.2, 0) is 0 Å². The topological polar surface area (TPSA) is 66.3 Å². The Morgan fingerprint density at radius 2 is 1.96 bits per heavy atom. The summed E-state index contributed by atoms with van der Waals surface area (Å²) in [6.07, 6.45) is -1.08. The molecule has 134 valence electrons. The summed E-state index contributed by atoms with van der Waals surface area (Å²) in [4.78, 5) is 12.2. The summed E-state index contributed by atoms with van der Waals surface area (Å²) < 4.78 is 3.73. The van der Waals surface area contributed by atoms with E-state index in [9.17, 15) is 4.79 Å². The van der Waals surface area contributed by atoms with E-state index in [2.05, 4.69) is 31.9 Å². The number of carbonyl (C=O) groups is 1. The van der Waals surface area contributed by atoms with Crippen molar-refractivity contribution in [3.8, 4) is 0 Å². The van der Waals surface area contributed by atoms with Gasteiger partial charge in [-0.3, -0.25) is 4.79 Å². The van der Waals surface area contributed by atoms with Crippen LogP contribution in [0.4, 0.5) is 5.69 Å². The molecule has 0 saturated heterocycles. The zero-order valence-electron chi connectivity index (χ0n) is 12.8. The molecule has 0 radical (unpaired) electrons. The lowest BCUT2D eigenvalue weighted by molar-refractivity contribution is 0.0905. The van der Waals surface area contributed by atoms with Crippen LogP contribution in [0, 0.1) is 6.92 Å². The number of carbonyl (C=O) groups excluding carboxylic acids is 1. The minimum Gasteiger partial charge on any atom is -0.444 e. The van der Waals surface area contributed by atoms with E-state index in [0.717, 1.165) is 11.3 Å². The number of rotatable bonds is 4. The van der Waals surface area contributed by atoms with E-state index in [4.69, 9.17) is 51.4 Å². The smallest absolute Gasteiger partial charge is 0.288 e. The van der Waals surface area contributed by atoms with Crippen molar-refractivity contribution in [3.63, 3.8) is 0 Å². The molecule has 10 heteroatoms. The minimum absolute atomic E-state index is 0.0606. The van der Waals surface area contributed by atoms with Gasteiger partial charge in [-0.15, -0.1) is 0 Å². The molecule has 0 fully saturated rings. The van der Waals surface area contributed by atoms with Gasteiger partial charge in [-0.1, -0.05) is 46.9 Å². The number of amides is 1. The van der Waals surface area contributed by atoms with Crippen molar-refractivity contribution in [1.82, 2.24) is 10.6 Å². The summed E-state index contributed by atoms with van der Waals surface area (Å²) in [5, 5.41) is 8.45. The average molecular weight is 486 g/mol. The Labute approximate surface area is 173 Å². The third-order valence-electron chi connectivity index (χ3n) is 2.95. The van der Waals surface area contributed by atoms with Crippen LogP contribution in [0.2, 0.25) is 0 Å². The molecule has 1 amide bonds. The van der Waals surface area contributed by atoms with Gasteiger partial charge in [-0.25, -0.2) is 0 Å². The summed E-state index contributed by atoms with van der Waals surface area (Å²) in [7, 11) is 0. The van der Waals surface area contributed by atoms with Gasteiger partial charge in [0.25, 0.3) is 5.91 Å². The first-order valence-corrected chi connectivity index (χ1v) is 9.26. The normalized spacial score (nSPS) is 12.4. The highest BCUT2D eigenvalue weighted by molar-refractivity contribution is 9.10. The molecule has 1 aromatic heterocycles. The van der Waals surface area contributed by atoms with E-state index in [0.29, 0.717) is 4.67 Å².